The highest BCUT2D eigenvalue weighted by Gasteiger charge is 2.24. The Morgan fingerprint density at radius 2 is 1.96 bits per heavy atom. The van der Waals surface area contributed by atoms with Crippen molar-refractivity contribution in [2.45, 2.75) is 44.2 Å². The topological polar surface area (TPSA) is 68.3 Å². The number of hydrogen-bond acceptors (Lipinski definition) is 5. The maximum Gasteiger partial charge on any atom is 0.235 e. The predicted octanol–water partition coefficient (Wildman–Crippen LogP) is 3.37. The molecule has 0 radical (unpaired) electrons. The lowest BCUT2D eigenvalue weighted by atomic mass is 10.1. The van der Waals surface area contributed by atoms with Gasteiger partial charge in [0, 0.05) is 27.3 Å². The molecule has 136 valence electrons. The van der Waals surface area contributed by atoms with Crippen molar-refractivity contribution in [1.82, 2.24) is 10.3 Å². The van der Waals surface area contributed by atoms with E-state index >= 15 is 0 Å². The Morgan fingerprint density at radius 1 is 1.32 bits per heavy atom. The minimum Gasteiger partial charge on any atom is -0.497 e. The number of benzene rings is 1. The fourth-order valence-electron chi connectivity index (χ4n) is 2.10. The third-order valence-corrected chi connectivity index (χ3v) is 5.96. The van der Waals surface area contributed by atoms with Crippen molar-refractivity contribution in [3.05, 3.63) is 35.3 Å². The van der Waals surface area contributed by atoms with E-state index in [0.29, 0.717) is 0 Å². The number of hydrogen-bond donors (Lipinski definition) is 1. The molecule has 0 aliphatic heterocycles. The molecule has 1 aromatic carbocycles. The molecular weight excluding hydrogens is 356 g/mol. The molecule has 1 N–H and O–H groups in total. The van der Waals surface area contributed by atoms with E-state index in [2.05, 4.69) is 10.3 Å². The van der Waals surface area contributed by atoms with Crippen LogP contribution in [0, 0.1) is 0 Å². The molecule has 7 heteroatoms. The number of rotatable bonds is 6. The molecule has 1 amide bonds. The van der Waals surface area contributed by atoms with E-state index in [4.69, 9.17) is 4.74 Å². The zero-order chi connectivity index (χ0) is 18.6. The van der Waals surface area contributed by atoms with Crippen LogP contribution >= 0.6 is 11.3 Å². The van der Waals surface area contributed by atoms with Gasteiger partial charge in [-0.2, -0.15) is 0 Å². The molecule has 5 nitrogen and oxygen atoms in total. The molecule has 0 saturated heterocycles. The number of thiazole rings is 1. The van der Waals surface area contributed by atoms with Crippen LogP contribution < -0.4 is 10.1 Å². The van der Waals surface area contributed by atoms with Crippen molar-refractivity contribution in [2.24, 2.45) is 0 Å². The first-order chi connectivity index (χ1) is 11.7. The van der Waals surface area contributed by atoms with Gasteiger partial charge < -0.3 is 10.1 Å². The third kappa shape index (κ3) is 5.64. The number of aromatic nitrogens is 1. The minimum absolute atomic E-state index is 0.198. The molecule has 25 heavy (non-hydrogen) atoms. The van der Waals surface area contributed by atoms with Crippen molar-refractivity contribution < 1.29 is 13.7 Å². The standard InChI is InChI=1S/C18H24N2O3S2/c1-12(16(21)20-18(2,3)4)25(22)11-14-10-24-17(19-14)13-6-8-15(23-5)9-7-13/h6-10,12H,11H2,1-5H3,(H,20,21). The van der Waals surface area contributed by atoms with Gasteiger partial charge in [0.25, 0.3) is 0 Å². The lowest BCUT2D eigenvalue weighted by molar-refractivity contribution is -0.121. The second kappa shape index (κ2) is 8.10. The average molecular weight is 381 g/mol. The van der Waals surface area contributed by atoms with Gasteiger partial charge in [-0.15, -0.1) is 11.3 Å². The fraction of sp³-hybridized carbons (Fsp3) is 0.444. The molecule has 0 fully saturated rings. The summed E-state index contributed by atoms with van der Waals surface area (Å²) in [5.41, 5.74) is 1.39. The van der Waals surface area contributed by atoms with Crippen molar-refractivity contribution in [3.8, 4) is 16.3 Å². The van der Waals surface area contributed by atoms with Crippen LogP contribution in [-0.2, 0) is 21.3 Å². The van der Waals surface area contributed by atoms with Gasteiger partial charge >= 0.3 is 0 Å². The fourth-order valence-corrected chi connectivity index (χ4v) is 4.02. The summed E-state index contributed by atoms with van der Waals surface area (Å²) in [5, 5.41) is 5.04. The lowest BCUT2D eigenvalue weighted by Gasteiger charge is -2.22. The van der Waals surface area contributed by atoms with Gasteiger partial charge in [0.05, 0.1) is 18.6 Å². The van der Waals surface area contributed by atoms with Gasteiger partial charge in [0.1, 0.15) is 16.0 Å². The summed E-state index contributed by atoms with van der Waals surface area (Å²) < 4.78 is 17.6. The van der Waals surface area contributed by atoms with E-state index in [1.807, 2.05) is 50.4 Å². The molecule has 2 rings (SSSR count). The zero-order valence-electron chi connectivity index (χ0n) is 15.2. The highest BCUT2D eigenvalue weighted by Crippen LogP contribution is 2.26. The van der Waals surface area contributed by atoms with Crippen LogP contribution in [0.25, 0.3) is 10.6 Å². The molecule has 1 heterocycles. The van der Waals surface area contributed by atoms with Gasteiger partial charge in [-0.1, -0.05) is 0 Å². The normalized spacial score (nSPS) is 14.0. The maximum absolute atomic E-state index is 12.5. The predicted molar refractivity (Wildman–Crippen MR) is 103 cm³/mol. The largest absolute Gasteiger partial charge is 0.497 e. The van der Waals surface area contributed by atoms with Crippen LogP contribution in [0.5, 0.6) is 5.75 Å². The van der Waals surface area contributed by atoms with E-state index in [0.717, 1.165) is 22.0 Å². The molecule has 0 bridgehead atoms. The van der Waals surface area contributed by atoms with Crippen molar-refractivity contribution in [1.29, 1.82) is 0 Å². The van der Waals surface area contributed by atoms with E-state index in [-0.39, 0.29) is 17.2 Å². The number of nitrogens with zero attached hydrogens (tertiary/aromatic N) is 1. The molecule has 1 aromatic heterocycles. The Kier molecular flexibility index (Phi) is 6.35. The van der Waals surface area contributed by atoms with E-state index in [1.54, 1.807) is 14.0 Å². The minimum atomic E-state index is -1.32. The Balaban J connectivity index is 2.02. The van der Waals surface area contributed by atoms with Crippen LogP contribution in [0.4, 0.5) is 0 Å². The van der Waals surface area contributed by atoms with Crippen molar-refractivity contribution >= 4 is 28.0 Å². The molecule has 0 aliphatic carbocycles. The van der Waals surface area contributed by atoms with Gasteiger partial charge in [-0.05, 0) is 52.0 Å². The Bertz CT molecular complexity index is 748. The summed E-state index contributed by atoms with van der Waals surface area (Å²) >= 11 is 1.50. The molecule has 2 aromatic rings. The summed E-state index contributed by atoms with van der Waals surface area (Å²) in [5.74, 6) is 0.863. The summed E-state index contributed by atoms with van der Waals surface area (Å²) in [6.45, 7) is 7.40. The Morgan fingerprint density at radius 3 is 2.52 bits per heavy atom. The first-order valence-corrected chi connectivity index (χ1v) is 10.2. The van der Waals surface area contributed by atoms with E-state index in [9.17, 15) is 9.00 Å². The van der Waals surface area contributed by atoms with Crippen LogP contribution in [0.2, 0.25) is 0 Å². The molecule has 2 atom stereocenters. The van der Waals surface area contributed by atoms with Crippen molar-refractivity contribution in [3.63, 3.8) is 0 Å². The lowest BCUT2D eigenvalue weighted by Crippen LogP contribution is -2.46. The molecular formula is C18H24N2O3S2. The van der Waals surface area contributed by atoms with E-state index < -0.39 is 16.0 Å². The molecule has 0 spiro atoms. The van der Waals surface area contributed by atoms with E-state index in [1.165, 1.54) is 11.3 Å². The first-order valence-electron chi connectivity index (χ1n) is 7.97. The number of carbonyl (C=O) groups excluding carboxylic acids is 1. The summed E-state index contributed by atoms with van der Waals surface area (Å²) in [6, 6.07) is 7.65. The number of ether oxygens (including phenoxy) is 1. The second-order valence-corrected chi connectivity index (χ2v) is 9.39. The summed E-state index contributed by atoms with van der Waals surface area (Å²) in [6.07, 6.45) is 0. The average Bonchev–Trinajstić information content (AvgIpc) is 3.01. The summed E-state index contributed by atoms with van der Waals surface area (Å²) in [4.78, 5) is 16.7. The quantitative estimate of drug-likeness (QED) is 0.834. The monoisotopic (exact) mass is 380 g/mol. The number of carbonyl (C=O) groups is 1. The van der Waals surface area contributed by atoms with Crippen LogP contribution in [0.1, 0.15) is 33.4 Å². The first kappa shape index (κ1) is 19.6. The summed E-state index contributed by atoms with van der Waals surface area (Å²) in [7, 11) is 0.311. The Hall–Kier alpha value is -1.73. The number of nitrogens with one attached hydrogen (secondary N) is 1. The molecule has 0 aliphatic rings. The highest BCUT2D eigenvalue weighted by atomic mass is 32.2. The van der Waals surface area contributed by atoms with Gasteiger partial charge in [-0.3, -0.25) is 9.00 Å². The van der Waals surface area contributed by atoms with Crippen LogP contribution in [0.15, 0.2) is 29.6 Å². The van der Waals surface area contributed by atoms with Crippen LogP contribution in [-0.4, -0.2) is 33.0 Å². The zero-order valence-corrected chi connectivity index (χ0v) is 16.8. The molecule has 0 saturated carbocycles. The smallest absolute Gasteiger partial charge is 0.235 e. The third-order valence-electron chi connectivity index (χ3n) is 3.44. The Labute approximate surface area is 155 Å². The SMILES string of the molecule is COc1ccc(-c2nc(CS(=O)C(C)C(=O)NC(C)(C)C)cs2)cc1. The maximum atomic E-state index is 12.5. The highest BCUT2D eigenvalue weighted by molar-refractivity contribution is 7.85. The number of methoxy groups -OCH3 is 1. The van der Waals surface area contributed by atoms with Crippen LogP contribution in [0.3, 0.4) is 0 Å². The number of amides is 1. The van der Waals surface area contributed by atoms with Gasteiger partial charge in [0.15, 0.2) is 0 Å². The van der Waals surface area contributed by atoms with Gasteiger partial charge in [-0.25, -0.2) is 4.98 Å². The van der Waals surface area contributed by atoms with Gasteiger partial charge in [0.2, 0.25) is 5.91 Å². The second-order valence-electron chi connectivity index (χ2n) is 6.78. The molecule has 2 unspecified atom stereocenters. The van der Waals surface area contributed by atoms with Crippen molar-refractivity contribution in [2.75, 3.05) is 7.11 Å².